The standard InChI is InChI=1S/C29H25BrN2O8S/c1-36-21-7-13(8-22(37-2)26(21)33)23-15-9-19-20(40-12-39-19)10-16(15)25(17-11-38-28(35)24(17)23)31-29(41)32-27(34)14-5-3-4-6-18(14)30/h3-10,17,23-25,33H,11-12H2,1-2H3,(H2,31,32,34,41)/t17-,23+,24-,25+/m0/s1. The molecule has 2 heterocycles. The molecule has 41 heavy (non-hydrogen) atoms. The van der Waals surface area contributed by atoms with Gasteiger partial charge in [-0.25, -0.2) is 0 Å². The Labute approximate surface area is 249 Å². The molecule has 6 rings (SSSR count). The molecular formula is C29H25BrN2O8S. The van der Waals surface area contributed by atoms with Gasteiger partial charge in [0.15, 0.2) is 28.1 Å². The molecular weight excluding hydrogens is 616 g/mol. The number of hydrogen-bond acceptors (Lipinski definition) is 9. The van der Waals surface area contributed by atoms with Crippen LogP contribution in [-0.2, 0) is 9.53 Å². The van der Waals surface area contributed by atoms with Crippen molar-refractivity contribution >= 4 is 45.1 Å². The van der Waals surface area contributed by atoms with Crippen molar-refractivity contribution in [1.82, 2.24) is 10.6 Å². The average molecular weight is 641 g/mol. The number of ether oxygens (including phenoxy) is 5. The van der Waals surface area contributed by atoms with Crippen molar-refractivity contribution in [2.75, 3.05) is 27.6 Å². The first kappa shape index (κ1) is 27.2. The summed E-state index contributed by atoms with van der Waals surface area (Å²) in [5, 5.41) is 16.7. The van der Waals surface area contributed by atoms with Crippen LogP contribution in [0.4, 0.5) is 0 Å². The monoisotopic (exact) mass is 640 g/mol. The number of fused-ring (bicyclic) bond motifs is 3. The molecule has 3 aliphatic rings. The van der Waals surface area contributed by atoms with Gasteiger partial charge in [-0.3, -0.25) is 14.9 Å². The van der Waals surface area contributed by atoms with Gasteiger partial charge in [0.2, 0.25) is 12.5 Å². The lowest BCUT2D eigenvalue weighted by Gasteiger charge is -2.40. The van der Waals surface area contributed by atoms with Crippen LogP contribution in [-0.4, -0.2) is 49.7 Å². The summed E-state index contributed by atoms with van der Waals surface area (Å²) in [4.78, 5) is 26.3. The molecule has 0 bridgehead atoms. The van der Waals surface area contributed by atoms with Gasteiger partial charge in [0.25, 0.3) is 5.91 Å². The summed E-state index contributed by atoms with van der Waals surface area (Å²) in [7, 11) is 2.89. The van der Waals surface area contributed by atoms with Crippen molar-refractivity contribution in [1.29, 1.82) is 0 Å². The molecule has 0 radical (unpaired) electrons. The molecule has 0 saturated carbocycles. The maximum Gasteiger partial charge on any atom is 0.310 e. The van der Waals surface area contributed by atoms with Crippen LogP contribution < -0.4 is 29.6 Å². The van der Waals surface area contributed by atoms with Gasteiger partial charge in [-0.15, -0.1) is 0 Å². The van der Waals surface area contributed by atoms with Crippen molar-refractivity contribution in [2.24, 2.45) is 11.8 Å². The molecule has 3 aromatic carbocycles. The van der Waals surface area contributed by atoms with Crippen LogP contribution >= 0.6 is 28.1 Å². The number of phenolic OH excluding ortho intramolecular Hbond substituents is 1. The van der Waals surface area contributed by atoms with Crippen LogP contribution in [0.1, 0.15) is 39.0 Å². The molecule has 1 saturated heterocycles. The lowest BCUT2D eigenvalue weighted by molar-refractivity contribution is -0.141. The molecule has 0 aromatic heterocycles. The lowest BCUT2D eigenvalue weighted by atomic mass is 9.65. The summed E-state index contributed by atoms with van der Waals surface area (Å²) < 4.78 is 28.4. The Bertz CT molecular complexity index is 1560. The highest BCUT2D eigenvalue weighted by molar-refractivity contribution is 9.10. The Balaban J connectivity index is 1.43. The van der Waals surface area contributed by atoms with Crippen LogP contribution in [0.5, 0.6) is 28.7 Å². The quantitative estimate of drug-likeness (QED) is 0.276. The zero-order valence-corrected chi connectivity index (χ0v) is 24.3. The van der Waals surface area contributed by atoms with E-state index in [4.69, 9.17) is 35.9 Å². The Morgan fingerprint density at radius 3 is 2.34 bits per heavy atom. The minimum absolute atomic E-state index is 0.0666. The number of nitrogens with one attached hydrogen (secondary N) is 2. The Morgan fingerprint density at radius 1 is 1.02 bits per heavy atom. The highest BCUT2D eigenvalue weighted by Crippen LogP contribution is 2.55. The van der Waals surface area contributed by atoms with E-state index in [2.05, 4.69) is 26.6 Å². The fourth-order valence-corrected chi connectivity index (χ4v) is 6.52. The summed E-state index contributed by atoms with van der Waals surface area (Å²) in [6.07, 6.45) is 0. The van der Waals surface area contributed by atoms with E-state index in [1.54, 1.807) is 30.3 Å². The van der Waals surface area contributed by atoms with E-state index in [1.165, 1.54) is 14.2 Å². The molecule has 0 unspecified atom stereocenters. The number of carbonyl (C=O) groups is 2. The third-order valence-corrected chi connectivity index (χ3v) is 8.59. The number of hydrogen-bond donors (Lipinski definition) is 3. The fourth-order valence-electron chi connectivity index (χ4n) is 5.83. The minimum Gasteiger partial charge on any atom is -0.502 e. The minimum atomic E-state index is -0.624. The van der Waals surface area contributed by atoms with Gasteiger partial charge >= 0.3 is 5.97 Å². The first-order valence-corrected chi connectivity index (χ1v) is 13.9. The molecule has 3 aromatic rings. The van der Waals surface area contributed by atoms with Gasteiger partial charge in [-0.2, -0.15) is 0 Å². The number of aromatic hydroxyl groups is 1. The second kappa shape index (κ2) is 10.7. The third-order valence-electron chi connectivity index (χ3n) is 7.68. The lowest BCUT2D eigenvalue weighted by Crippen LogP contribution is -2.47. The molecule has 4 atom stereocenters. The topological polar surface area (TPSA) is 125 Å². The summed E-state index contributed by atoms with van der Waals surface area (Å²) in [5.74, 6) is -0.854. The smallest absolute Gasteiger partial charge is 0.310 e. The summed E-state index contributed by atoms with van der Waals surface area (Å²) in [6.45, 7) is 0.204. The van der Waals surface area contributed by atoms with Crippen molar-refractivity contribution < 1.29 is 38.4 Å². The van der Waals surface area contributed by atoms with Gasteiger partial charge in [0.1, 0.15) is 0 Å². The van der Waals surface area contributed by atoms with Crippen molar-refractivity contribution in [3.63, 3.8) is 0 Å². The first-order chi connectivity index (χ1) is 19.8. The number of halogens is 1. The predicted molar refractivity (Wildman–Crippen MR) is 154 cm³/mol. The van der Waals surface area contributed by atoms with Gasteiger partial charge in [-0.05, 0) is 81.2 Å². The second-order valence-electron chi connectivity index (χ2n) is 9.79. The van der Waals surface area contributed by atoms with Gasteiger partial charge < -0.3 is 34.1 Å². The fraction of sp³-hybridized carbons (Fsp3) is 0.276. The number of cyclic esters (lactones) is 1. The summed E-state index contributed by atoms with van der Waals surface area (Å²) in [6, 6.07) is 13.6. The largest absolute Gasteiger partial charge is 0.502 e. The van der Waals surface area contributed by atoms with Crippen LogP contribution in [0, 0.1) is 11.8 Å². The SMILES string of the molecule is COc1cc([C@@H]2c3cc4c(cc3[C@@H](NC(=S)NC(=O)c3ccccc3Br)[C@H]3COC(=O)[C@H]23)OCO4)cc(OC)c1O. The van der Waals surface area contributed by atoms with E-state index in [1.807, 2.05) is 18.2 Å². The average Bonchev–Trinajstić information content (AvgIpc) is 3.58. The zero-order chi connectivity index (χ0) is 28.8. The molecule has 0 spiro atoms. The molecule has 1 fully saturated rings. The van der Waals surface area contributed by atoms with E-state index in [0.29, 0.717) is 27.1 Å². The van der Waals surface area contributed by atoms with Crippen molar-refractivity contribution in [2.45, 2.75) is 12.0 Å². The molecule has 2 aliphatic heterocycles. The highest BCUT2D eigenvalue weighted by Gasteiger charge is 2.53. The maximum absolute atomic E-state index is 13.3. The molecule has 3 N–H and O–H groups in total. The van der Waals surface area contributed by atoms with Crippen molar-refractivity contribution in [3.8, 4) is 28.7 Å². The zero-order valence-electron chi connectivity index (χ0n) is 21.9. The maximum atomic E-state index is 13.3. The van der Waals surface area contributed by atoms with Gasteiger partial charge in [0, 0.05) is 16.3 Å². The number of thiocarbonyl (C=S) groups is 1. The first-order valence-electron chi connectivity index (χ1n) is 12.7. The van der Waals surface area contributed by atoms with Crippen LogP contribution in [0.25, 0.3) is 0 Å². The second-order valence-corrected chi connectivity index (χ2v) is 11.1. The molecule has 1 aliphatic carbocycles. The Morgan fingerprint density at radius 2 is 1.68 bits per heavy atom. The number of amides is 1. The summed E-state index contributed by atoms with van der Waals surface area (Å²) >= 11 is 8.97. The third kappa shape index (κ3) is 4.70. The number of phenols is 1. The van der Waals surface area contributed by atoms with E-state index in [0.717, 1.165) is 11.1 Å². The number of esters is 1. The Hall–Kier alpha value is -4.03. The van der Waals surface area contributed by atoms with Crippen LogP contribution in [0.3, 0.4) is 0 Å². The number of carbonyl (C=O) groups excluding carboxylic acids is 2. The van der Waals surface area contributed by atoms with E-state index < -0.39 is 17.9 Å². The number of methoxy groups -OCH3 is 2. The predicted octanol–water partition coefficient (Wildman–Crippen LogP) is 4.18. The van der Waals surface area contributed by atoms with Gasteiger partial charge in [-0.1, -0.05) is 12.1 Å². The Kier molecular flexibility index (Phi) is 7.12. The summed E-state index contributed by atoms with van der Waals surface area (Å²) in [5.41, 5.74) is 2.70. The van der Waals surface area contributed by atoms with E-state index >= 15 is 0 Å². The highest BCUT2D eigenvalue weighted by atomic mass is 79.9. The number of benzene rings is 3. The molecule has 10 nitrogen and oxygen atoms in total. The van der Waals surface area contributed by atoms with Crippen molar-refractivity contribution in [3.05, 3.63) is 75.3 Å². The molecule has 212 valence electrons. The van der Waals surface area contributed by atoms with Crippen LogP contribution in [0.2, 0.25) is 0 Å². The van der Waals surface area contributed by atoms with Gasteiger partial charge in [0.05, 0.1) is 38.3 Å². The van der Waals surface area contributed by atoms with E-state index in [-0.39, 0.29) is 53.6 Å². The van der Waals surface area contributed by atoms with E-state index in [9.17, 15) is 14.7 Å². The van der Waals surface area contributed by atoms with Crippen LogP contribution in [0.15, 0.2) is 53.0 Å². The molecule has 12 heteroatoms. The number of rotatable bonds is 5. The normalized spacial score (nSPS) is 21.8. The molecule has 1 amide bonds.